The molecular formula is C27H27ClFN5O6. The zero-order chi connectivity index (χ0) is 29.0. The van der Waals surface area contributed by atoms with Crippen LogP contribution in [0.25, 0.3) is 10.9 Å². The maximum Gasteiger partial charge on any atom is 0.405 e. The van der Waals surface area contributed by atoms with Gasteiger partial charge in [0, 0.05) is 46.5 Å². The lowest BCUT2D eigenvalue weighted by Gasteiger charge is -2.22. The van der Waals surface area contributed by atoms with Crippen LogP contribution in [-0.4, -0.2) is 58.3 Å². The average Bonchev–Trinajstić information content (AvgIpc) is 3.68. The number of nitrogens with one attached hydrogen (secondary N) is 2. The van der Waals surface area contributed by atoms with Crippen molar-refractivity contribution < 1.29 is 33.1 Å². The normalized spacial score (nSPS) is 12.6. The number of amides is 4. The lowest BCUT2D eigenvalue weighted by atomic mass is 10.1. The SMILES string of the molecule is CC(=O)c1cn(CC(=O)N(CC(=O)NCc2cccc(Cl)c2F)C2CC2)c2ccc(NC(=O)COC(N)=O)cc12. The number of fused-ring (bicyclic) bond motifs is 1. The molecule has 4 amide bonds. The van der Waals surface area contributed by atoms with E-state index >= 15 is 0 Å². The number of benzene rings is 2. The van der Waals surface area contributed by atoms with Gasteiger partial charge in [0.2, 0.25) is 11.8 Å². The minimum Gasteiger partial charge on any atom is -0.440 e. The molecule has 1 fully saturated rings. The second-order valence-electron chi connectivity index (χ2n) is 9.36. The molecule has 0 radical (unpaired) electrons. The predicted molar refractivity (Wildman–Crippen MR) is 144 cm³/mol. The van der Waals surface area contributed by atoms with Crippen LogP contribution in [0, 0.1) is 5.82 Å². The van der Waals surface area contributed by atoms with Crippen molar-refractivity contribution >= 4 is 57.8 Å². The largest absolute Gasteiger partial charge is 0.440 e. The fraction of sp³-hybridized carbons (Fsp3) is 0.296. The number of hydrogen-bond donors (Lipinski definition) is 3. The van der Waals surface area contributed by atoms with Crippen LogP contribution in [0.5, 0.6) is 0 Å². The molecule has 0 unspecified atom stereocenters. The van der Waals surface area contributed by atoms with Gasteiger partial charge in [0.05, 0.1) is 11.6 Å². The van der Waals surface area contributed by atoms with Gasteiger partial charge in [0.1, 0.15) is 12.4 Å². The summed E-state index contributed by atoms with van der Waals surface area (Å²) in [4.78, 5) is 62.5. The second kappa shape index (κ2) is 12.2. The quantitative estimate of drug-likeness (QED) is 0.301. The molecule has 4 N–H and O–H groups in total. The molecule has 1 heterocycles. The van der Waals surface area contributed by atoms with E-state index in [0.29, 0.717) is 22.2 Å². The number of Topliss-reactive ketones (excluding diaryl/α,β-unsaturated/α-hetero) is 1. The van der Waals surface area contributed by atoms with Gasteiger partial charge in [-0.2, -0.15) is 0 Å². The first kappa shape index (κ1) is 28.6. The Morgan fingerprint density at radius 3 is 2.58 bits per heavy atom. The van der Waals surface area contributed by atoms with E-state index in [-0.39, 0.29) is 48.0 Å². The van der Waals surface area contributed by atoms with Gasteiger partial charge in [-0.05, 0) is 44.0 Å². The molecule has 1 aromatic heterocycles. The molecule has 0 saturated heterocycles. The molecule has 13 heteroatoms. The summed E-state index contributed by atoms with van der Waals surface area (Å²) < 4.78 is 20.2. The Morgan fingerprint density at radius 1 is 1.15 bits per heavy atom. The van der Waals surface area contributed by atoms with E-state index in [1.54, 1.807) is 35.0 Å². The van der Waals surface area contributed by atoms with E-state index < -0.39 is 30.3 Å². The van der Waals surface area contributed by atoms with Crippen LogP contribution in [0.3, 0.4) is 0 Å². The molecule has 11 nitrogen and oxygen atoms in total. The number of aromatic nitrogens is 1. The van der Waals surface area contributed by atoms with E-state index in [4.69, 9.17) is 17.3 Å². The van der Waals surface area contributed by atoms with Crippen molar-refractivity contribution in [2.24, 2.45) is 5.73 Å². The molecule has 0 aliphatic heterocycles. The van der Waals surface area contributed by atoms with Crippen molar-refractivity contribution in [3.8, 4) is 0 Å². The number of anilines is 1. The molecule has 0 atom stereocenters. The number of hydrogen-bond acceptors (Lipinski definition) is 6. The minimum absolute atomic E-state index is 0.0444. The highest BCUT2D eigenvalue weighted by molar-refractivity contribution is 6.30. The van der Waals surface area contributed by atoms with Crippen LogP contribution < -0.4 is 16.4 Å². The molecule has 0 spiro atoms. The fourth-order valence-electron chi connectivity index (χ4n) is 4.25. The van der Waals surface area contributed by atoms with Gasteiger partial charge >= 0.3 is 6.09 Å². The topological polar surface area (TPSA) is 153 Å². The van der Waals surface area contributed by atoms with Crippen LogP contribution >= 0.6 is 11.6 Å². The molecule has 1 aliphatic carbocycles. The lowest BCUT2D eigenvalue weighted by Crippen LogP contribution is -2.43. The minimum atomic E-state index is -1.08. The molecule has 2 aromatic carbocycles. The number of primary amides is 1. The van der Waals surface area contributed by atoms with E-state index in [1.165, 1.54) is 24.0 Å². The first-order valence-electron chi connectivity index (χ1n) is 12.4. The molecule has 40 heavy (non-hydrogen) atoms. The van der Waals surface area contributed by atoms with Crippen LogP contribution in [0.4, 0.5) is 14.9 Å². The lowest BCUT2D eigenvalue weighted by molar-refractivity contribution is -0.137. The van der Waals surface area contributed by atoms with Gasteiger partial charge in [0.15, 0.2) is 12.4 Å². The number of nitrogens with two attached hydrogens (primary N) is 1. The van der Waals surface area contributed by atoms with Crippen LogP contribution in [-0.2, 0) is 32.2 Å². The average molecular weight is 572 g/mol. The summed E-state index contributed by atoms with van der Waals surface area (Å²) >= 11 is 5.80. The van der Waals surface area contributed by atoms with Crippen LogP contribution in [0.1, 0.15) is 35.7 Å². The summed E-state index contributed by atoms with van der Waals surface area (Å²) in [7, 11) is 0. The predicted octanol–water partition coefficient (Wildman–Crippen LogP) is 2.98. The third-order valence-corrected chi connectivity index (χ3v) is 6.62. The summed E-state index contributed by atoms with van der Waals surface area (Å²) in [6.45, 7) is 0.413. The Bertz CT molecular complexity index is 1500. The van der Waals surface area contributed by atoms with Gasteiger partial charge in [0.25, 0.3) is 5.91 Å². The summed E-state index contributed by atoms with van der Waals surface area (Å²) in [6.07, 6.45) is 1.99. The Labute approximate surface area is 233 Å². The van der Waals surface area contributed by atoms with E-state index in [9.17, 15) is 28.4 Å². The zero-order valence-corrected chi connectivity index (χ0v) is 22.3. The Morgan fingerprint density at radius 2 is 1.90 bits per heavy atom. The molecule has 4 rings (SSSR count). The Hall–Kier alpha value is -4.45. The number of halogens is 2. The summed E-state index contributed by atoms with van der Waals surface area (Å²) in [5, 5.41) is 5.65. The van der Waals surface area contributed by atoms with Crippen LogP contribution in [0.2, 0.25) is 5.02 Å². The highest BCUT2D eigenvalue weighted by Crippen LogP contribution is 2.29. The number of carbonyl (C=O) groups is 5. The standard InChI is InChI=1S/C27H27ClFN5O6/c1-15(35)20-11-33(22-8-5-17(9-19(20)22)32-24(37)14-40-27(30)39)13-25(38)34(18-6-7-18)12-23(36)31-10-16-3-2-4-21(28)26(16)29/h2-5,8-9,11,18H,6-7,10,12-14H2,1H3,(H2,30,39)(H,31,36)(H,32,37). The maximum atomic E-state index is 14.1. The van der Waals surface area contributed by atoms with Crippen molar-refractivity contribution in [3.05, 3.63) is 64.6 Å². The summed E-state index contributed by atoms with van der Waals surface area (Å²) in [5.74, 6) is -2.24. The van der Waals surface area contributed by atoms with E-state index in [2.05, 4.69) is 15.4 Å². The highest BCUT2D eigenvalue weighted by Gasteiger charge is 2.34. The van der Waals surface area contributed by atoms with Gasteiger partial charge in [-0.3, -0.25) is 19.2 Å². The van der Waals surface area contributed by atoms with Gasteiger partial charge in [-0.1, -0.05) is 23.7 Å². The van der Waals surface area contributed by atoms with Gasteiger partial charge in [-0.15, -0.1) is 0 Å². The molecule has 1 saturated carbocycles. The van der Waals surface area contributed by atoms with Gasteiger partial charge < -0.3 is 30.6 Å². The third-order valence-electron chi connectivity index (χ3n) is 6.32. The van der Waals surface area contributed by atoms with Gasteiger partial charge in [-0.25, -0.2) is 9.18 Å². The maximum absolute atomic E-state index is 14.1. The van der Waals surface area contributed by atoms with Crippen molar-refractivity contribution in [1.82, 2.24) is 14.8 Å². The summed E-state index contributed by atoms with van der Waals surface area (Å²) in [5.41, 5.74) is 6.37. The van der Waals surface area contributed by atoms with E-state index in [0.717, 1.165) is 12.8 Å². The van der Waals surface area contributed by atoms with Crippen molar-refractivity contribution in [3.63, 3.8) is 0 Å². The first-order chi connectivity index (χ1) is 19.0. The number of rotatable bonds is 11. The Balaban J connectivity index is 1.46. The smallest absolute Gasteiger partial charge is 0.405 e. The molecular weight excluding hydrogens is 545 g/mol. The van der Waals surface area contributed by atoms with E-state index in [1.807, 2.05) is 0 Å². The van der Waals surface area contributed by atoms with Crippen molar-refractivity contribution in [2.45, 2.75) is 38.9 Å². The van der Waals surface area contributed by atoms with Crippen molar-refractivity contribution in [2.75, 3.05) is 18.5 Å². The highest BCUT2D eigenvalue weighted by atomic mass is 35.5. The number of ketones is 1. The molecule has 1 aliphatic rings. The molecule has 3 aromatic rings. The zero-order valence-electron chi connectivity index (χ0n) is 21.5. The second-order valence-corrected chi connectivity index (χ2v) is 9.76. The molecule has 210 valence electrons. The summed E-state index contributed by atoms with van der Waals surface area (Å²) in [6, 6.07) is 9.23. The molecule has 0 bridgehead atoms. The number of ether oxygens (including phenoxy) is 1. The monoisotopic (exact) mass is 571 g/mol. The third kappa shape index (κ3) is 6.94. The number of carbonyl (C=O) groups excluding carboxylic acids is 5. The Kier molecular flexibility index (Phi) is 8.68. The van der Waals surface area contributed by atoms with Crippen LogP contribution in [0.15, 0.2) is 42.6 Å². The van der Waals surface area contributed by atoms with Crippen molar-refractivity contribution in [1.29, 1.82) is 0 Å². The fourth-order valence-corrected chi connectivity index (χ4v) is 4.45. The number of nitrogens with zero attached hydrogens (tertiary/aromatic N) is 2. The first-order valence-corrected chi connectivity index (χ1v) is 12.8.